The van der Waals surface area contributed by atoms with E-state index in [0.29, 0.717) is 33.7 Å². The van der Waals surface area contributed by atoms with Crippen LogP contribution < -0.4 is 10.6 Å². The number of aromatic nitrogens is 1. The van der Waals surface area contributed by atoms with E-state index >= 15 is 0 Å². The maximum Gasteiger partial charge on any atom is 0.253 e. The number of nitrogens with one attached hydrogen (secondary N) is 2. The first-order valence-electron chi connectivity index (χ1n) is 9.08. The Labute approximate surface area is 179 Å². The van der Waals surface area contributed by atoms with Gasteiger partial charge < -0.3 is 10.6 Å². The molecule has 1 heterocycles. The van der Waals surface area contributed by atoms with Crippen molar-refractivity contribution in [3.05, 3.63) is 87.3 Å². The minimum Gasteiger partial charge on any atom is -0.348 e. The Kier molecular flexibility index (Phi) is 6.72. The number of halogens is 3. The summed E-state index contributed by atoms with van der Waals surface area (Å²) in [5, 5.41) is 7.07. The molecule has 0 aliphatic heterocycles. The number of anilines is 2. The summed E-state index contributed by atoms with van der Waals surface area (Å²) < 4.78 is 13.0. The number of nitrogens with zero attached hydrogens (tertiary/aromatic N) is 1. The lowest BCUT2D eigenvalue weighted by atomic mass is 9.98. The zero-order valence-electron chi connectivity index (χ0n) is 16.0. The highest BCUT2D eigenvalue weighted by Crippen LogP contribution is 2.29. The minimum absolute atomic E-state index is 0.0972. The van der Waals surface area contributed by atoms with Gasteiger partial charge in [-0.05, 0) is 53.4 Å². The van der Waals surface area contributed by atoms with Crippen LogP contribution in [0.2, 0.25) is 10.0 Å². The Morgan fingerprint density at radius 3 is 2.52 bits per heavy atom. The first-order valence-corrected chi connectivity index (χ1v) is 9.83. The molecule has 2 aromatic carbocycles. The van der Waals surface area contributed by atoms with E-state index in [1.807, 2.05) is 19.9 Å². The molecule has 150 valence electrons. The summed E-state index contributed by atoms with van der Waals surface area (Å²) in [5.41, 5.74) is 2.78. The maximum absolute atomic E-state index is 13.0. The van der Waals surface area contributed by atoms with Crippen LogP contribution in [0.15, 0.2) is 54.7 Å². The van der Waals surface area contributed by atoms with Gasteiger partial charge in [0.25, 0.3) is 5.91 Å². The molecule has 0 aliphatic carbocycles. The summed E-state index contributed by atoms with van der Waals surface area (Å²) in [4.78, 5) is 17.0. The van der Waals surface area contributed by atoms with E-state index in [9.17, 15) is 9.18 Å². The molecule has 0 spiro atoms. The number of amides is 1. The largest absolute Gasteiger partial charge is 0.348 e. The second kappa shape index (κ2) is 9.25. The molecular formula is C22H20Cl2FN3O. The highest BCUT2D eigenvalue weighted by Gasteiger charge is 2.16. The van der Waals surface area contributed by atoms with E-state index in [4.69, 9.17) is 23.2 Å². The molecule has 0 atom stereocenters. The summed E-state index contributed by atoms with van der Waals surface area (Å²) in [6, 6.07) is 13.0. The standard InChI is InChI=1S/C22H20Cl2FN3O/c1-13(2)17-10-21(28-20-9-15(23)5-8-19(20)24)26-12-18(17)22(29)27-11-14-3-6-16(25)7-4-14/h3-10,12-13H,11H2,1-2H3,(H,26,28)(H,27,29). The molecule has 0 fully saturated rings. The lowest BCUT2D eigenvalue weighted by Crippen LogP contribution is -2.24. The summed E-state index contributed by atoms with van der Waals surface area (Å²) in [6.45, 7) is 4.30. The number of carbonyl (C=O) groups excluding carboxylic acids is 1. The summed E-state index contributed by atoms with van der Waals surface area (Å²) in [6.07, 6.45) is 1.54. The molecular weight excluding hydrogens is 412 g/mol. The molecule has 0 unspecified atom stereocenters. The number of carbonyl (C=O) groups is 1. The van der Waals surface area contributed by atoms with Gasteiger partial charge in [0, 0.05) is 17.8 Å². The van der Waals surface area contributed by atoms with Crippen LogP contribution in [0, 0.1) is 5.82 Å². The first-order chi connectivity index (χ1) is 13.8. The Morgan fingerprint density at radius 2 is 1.83 bits per heavy atom. The van der Waals surface area contributed by atoms with Crippen LogP contribution in [0.4, 0.5) is 15.9 Å². The summed E-state index contributed by atoms with van der Waals surface area (Å²) in [7, 11) is 0. The molecule has 4 nitrogen and oxygen atoms in total. The third kappa shape index (κ3) is 5.46. The topological polar surface area (TPSA) is 54.0 Å². The number of rotatable bonds is 6. The average molecular weight is 432 g/mol. The Morgan fingerprint density at radius 1 is 1.10 bits per heavy atom. The van der Waals surface area contributed by atoms with Crippen LogP contribution >= 0.6 is 23.2 Å². The summed E-state index contributed by atoms with van der Waals surface area (Å²) >= 11 is 12.2. The molecule has 1 amide bonds. The van der Waals surface area contributed by atoms with Gasteiger partial charge in [-0.3, -0.25) is 4.79 Å². The van der Waals surface area contributed by atoms with Crippen molar-refractivity contribution in [3.63, 3.8) is 0 Å². The van der Waals surface area contributed by atoms with Gasteiger partial charge in [0.2, 0.25) is 0 Å². The van der Waals surface area contributed by atoms with E-state index in [2.05, 4.69) is 15.6 Å². The lowest BCUT2D eigenvalue weighted by molar-refractivity contribution is 0.0949. The van der Waals surface area contributed by atoms with Gasteiger partial charge in [-0.25, -0.2) is 9.37 Å². The van der Waals surface area contributed by atoms with Gasteiger partial charge >= 0.3 is 0 Å². The highest BCUT2D eigenvalue weighted by molar-refractivity contribution is 6.35. The van der Waals surface area contributed by atoms with Crippen molar-refractivity contribution in [2.45, 2.75) is 26.3 Å². The summed E-state index contributed by atoms with van der Waals surface area (Å²) in [5.74, 6) is 0.111. The molecule has 1 aromatic heterocycles. The SMILES string of the molecule is CC(C)c1cc(Nc2cc(Cl)ccc2Cl)ncc1C(=O)NCc1ccc(F)cc1. The molecule has 3 aromatic rings. The fourth-order valence-corrected chi connectivity index (χ4v) is 3.15. The molecule has 0 radical (unpaired) electrons. The van der Waals surface area contributed by atoms with Crippen molar-refractivity contribution in [1.82, 2.24) is 10.3 Å². The number of benzene rings is 2. The monoisotopic (exact) mass is 431 g/mol. The third-order valence-electron chi connectivity index (χ3n) is 4.36. The van der Waals surface area contributed by atoms with Gasteiger partial charge in [0.1, 0.15) is 11.6 Å². The maximum atomic E-state index is 13.0. The van der Waals surface area contributed by atoms with Crippen molar-refractivity contribution in [1.29, 1.82) is 0 Å². The predicted octanol–water partition coefficient (Wildman–Crippen LogP) is 6.32. The molecule has 7 heteroatoms. The van der Waals surface area contributed by atoms with Gasteiger partial charge in [-0.2, -0.15) is 0 Å². The van der Waals surface area contributed by atoms with Crippen LogP contribution in [0.1, 0.15) is 41.3 Å². The number of hydrogen-bond donors (Lipinski definition) is 2. The van der Waals surface area contributed by atoms with Crippen LogP contribution in [0.5, 0.6) is 0 Å². The molecule has 0 aliphatic rings. The van der Waals surface area contributed by atoms with E-state index in [1.54, 1.807) is 30.3 Å². The lowest BCUT2D eigenvalue weighted by Gasteiger charge is -2.15. The smallest absolute Gasteiger partial charge is 0.253 e. The van der Waals surface area contributed by atoms with Crippen LogP contribution in [-0.2, 0) is 6.54 Å². The number of pyridine rings is 1. The molecule has 0 saturated carbocycles. The van der Waals surface area contributed by atoms with Crippen LogP contribution in [-0.4, -0.2) is 10.9 Å². The van der Waals surface area contributed by atoms with E-state index in [-0.39, 0.29) is 17.6 Å². The molecule has 29 heavy (non-hydrogen) atoms. The normalized spacial score (nSPS) is 10.8. The van der Waals surface area contributed by atoms with Crippen molar-refractivity contribution < 1.29 is 9.18 Å². The van der Waals surface area contributed by atoms with Gasteiger partial charge in [0.15, 0.2) is 0 Å². The van der Waals surface area contributed by atoms with Gasteiger partial charge in [-0.1, -0.05) is 49.2 Å². The van der Waals surface area contributed by atoms with E-state index in [0.717, 1.165) is 11.1 Å². The van der Waals surface area contributed by atoms with Crippen molar-refractivity contribution in [2.24, 2.45) is 0 Å². The van der Waals surface area contributed by atoms with E-state index < -0.39 is 0 Å². The number of hydrogen-bond acceptors (Lipinski definition) is 3. The van der Waals surface area contributed by atoms with Crippen molar-refractivity contribution >= 4 is 40.6 Å². The second-order valence-electron chi connectivity index (χ2n) is 6.87. The average Bonchev–Trinajstić information content (AvgIpc) is 2.70. The first kappa shape index (κ1) is 21.1. The molecule has 2 N–H and O–H groups in total. The highest BCUT2D eigenvalue weighted by atomic mass is 35.5. The fourth-order valence-electron chi connectivity index (χ4n) is 2.82. The molecule has 0 saturated heterocycles. The molecule has 0 bridgehead atoms. The van der Waals surface area contributed by atoms with Crippen molar-refractivity contribution in [2.75, 3.05) is 5.32 Å². The second-order valence-corrected chi connectivity index (χ2v) is 7.71. The Balaban J connectivity index is 1.79. The van der Waals surface area contributed by atoms with E-state index in [1.165, 1.54) is 18.3 Å². The third-order valence-corrected chi connectivity index (χ3v) is 4.92. The Hall–Kier alpha value is -2.63. The van der Waals surface area contributed by atoms with Crippen LogP contribution in [0.25, 0.3) is 0 Å². The zero-order valence-corrected chi connectivity index (χ0v) is 17.5. The predicted molar refractivity (Wildman–Crippen MR) is 116 cm³/mol. The minimum atomic E-state index is -0.311. The Bertz CT molecular complexity index is 1020. The van der Waals surface area contributed by atoms with Gasteiger partial charge in [-0.15, -0.1) is 0 Å². The van der Waals surface area contributed by atoms with Crippen molar-refractivity contribution in [3.8, 4) is 0 Å². The molecule has 3 rings (SSSR count). The fraction of sp³-hybridized carbons (Fsp3) is 0.182. The quantitative estimate of drug-likeness (QED) is 0.479. The van der Waals surface area contributed by atoms with Gasteiger partial charge in [0.05, 0.1) is 16.3 Å². The van der Waals surface area contributed by atoms with Crippen LogP contribution in [0.3, 0.4) is 0 Å². The zero-order chi connectivity index (χ0) is 21.0.